The zero-order valence-corrected chi connectivity index (χ0v) is 12.3. The van der Waals surface area contributed by atoms with E-state index in [-0.39, 0.29) is 5.91 Å². The van der Waals surface area contributed by atoms with E-state index in [0.29, 0.717) is 18.8 Å². The third-order valence-corrected chi connectivity index (χ3v) is 4.35. The lowest BCUT2D eigenvalue weighted by atomic mass is 9.99. The number of anilines is 1. The number of carbonyl (C=O) groups excluding carboxylic acids is 2. The molecule has 4 rings (SSSR count). The van der Waals surface area contributed by atoms with Gasteiger partial charge in [-0.2, -0.15) is 5.10 Å². The van der Waals surface area contributed by atoms with E-state index in [2.05, 4.69) is 27.9 Å². The Morgan fingerprint density at radius 1 is 1.18 bits per heavy atom. The highest BCUT2D eigenvalue weighted by Gasteiger charge is 2.28. The van der Waals surface area contributed by atoms with Gasteiger partial charge in [0.1, 0.15) is 0 Å². The van der Waals surface area contributed by atoms with Crippen LogP contribution >= 0.6 is 0 Å². The molecule has 7 heteroatoms. The summed E-state index contributed by atoms with van der Waals surface area (Å²) >= 11 is 0. The highest BCUT2D eigenvalue weighted by Crippen LogP contribution is 2.30. The summed E-state index contributed by atoms with van der Waals surface area (Å²) in [7, 11) is 1.88. The molecule has 0 saturated carbocycles. The summed E-state index contributed by atoms with van der Waals surface area (Å²) in [5, 5.41) is 11.2. The maximum atomic E-state index is 12.1. The molecule has 3 amide bonds. The van der Waals surface area contributed by atoms with E-state index in [1.54, 1.807) is 9.58 Å². The number of benzene rings is 1. The molecular formula is C15H17N5O2. The van der Waals surface area contributed by atoms with Crippen LogP contribution in [0.5, 0.6) is 0 Å². The number of hydrogen-bond acceptors (Lipinski definition) is 4. The van der Waals surface area contributed by atoms with Gasteiger partial charge >= 0.3 is 6.03 Å². The van der Waals surface area contributed by atoms with Crippen LogP contribution in [0.2, 0.25) is 0 Å². The van der Waals surface area contributed by atoms with Gasteiger partial charge in [0.15, 0.2) is 5.82 Å². The molecule has 22 heavy (non-hydrogen) atoms. The number of imide groups is 1. The summed E-state index contributed by atoms with van der Waals surface area (Å²) in [6.07, 6.45) is 1.28. The number of hydrogen-bond donors (Lipinski definition) is 2. The number of amides is 3. The quantitative estimate of drug-likeness (QED) is 0.811. The van der Waals surface area contributed by atoms with Crippen molar-refractivity contribution in [2.45, 2.75) is 19.4 Å². The zero-order valence-electron chi connectivity index (χ0n) is 12.3. The minimum atomic E-state index is -0.393. The molecule has 2 aliphatic rings. The van der Waals surface area contributed by atoms with Crippen molar-refractivity contribution in [2.75, 3.05) is 18.0 Å². The van der Waals surface area contributed by atoms with Crippen LogP contribution in [0.4, 0.5) is 10.6 Å². The molecule has 3 heterocycles. The smallest absolute Gasteiger partial charge is 0.312 e. The Balaban J connectivity index is 1.84. The van der Waals surface area contributed by atoms with Crippen LogP contribution < -0.4 is 15.5 Å². The Labute approximate surface area is 127 Å². The number of urea groups is 1. The normalized spacial score (nSPS) is 18.5. The predicted octanol–water partition coefficient (Wildman–Crippen LogP) is 0.665. The van der Waals surface area contributed by atoms with E-state index in [4.69, 9.17) is 0 Å². The number of nitrogens with one attached hydrogen (secondary N) is 2. The Kier molecular flexibility index (Phi) is 2.90. The maximum Gasteiger partial charge on any atom is 0.329 e. The minimum absolute atomic E-state index is 0.232. The van der Waals surface area contributed by atoms with Crippen molar-refractivity contribution >= 4 is 28.7 Å². The van der Waals surface area contributed by atoms with Crippen LogP contribution in [-0.4, -0.2) is 34.8 Å². The van der Waals surface area contributed by atoms with Crippen LogP contribution in [0, 0.1) is 0 Å². The fraction of sp³-hybridized carbons (Fsp3) is 0.400. The third-order valence-electron chi connectivity index (χ3n) is 4.35. The molecule has 1 saturated heterocycles. The molecule has 0 atom stereocenters. The van der Waals surface area contributed by atoms with Crippen molar-refractivity contribution in [1.29, 1.82) is 0 Å². The molecule has 0 spiro atoms. The van der Waals surface area contributed by atoms with E-state index >= 15 is 0 Å². The molecule has 1 aromatic heterocycles. The van der Waals surface area contributed by atoms with Gasteiger partial charge in [-0.3, -0.25) is 19.7 Å². The van der Waals surface area contributed by atoms with Gasteiger partial charge in [-0.15, -0.1) is 0 Å². The van der Waals surface area contributed by atoms with Gasteiger partial charge in [-0.05, 0) is 36.2 Å². The number of aromatic nitrogens is 2. The monoisotopic (exact) mass is 299 g/mol. The second-order valence-corrected chi connectivity index (χ2v) is 5.77. The Hall–Kier alpha value is -2.41. The van der Waals surface area contributed by atoms with Crippen LogP contribution in [-0.2, 0) is 24.8 Å². The molecule has 0 radical (unpaired) electrons. The van der Waals surface area contributed by atoms with Crippen LogP contribution in [0.25, 0.3) is 10.9 Å². The Morgan fingerprint density at radius 3 is 2.86 bits per heavy atom. The lowest BCUT2D eigenvalue weighted by molar-refractivity contribution is -0.120. The first kappa shape index (κ1) is 13.3. The van der Waals surface area contributed by atoms with Gasteiger partial charge < -0.3 is 5.32 Å². The topological polar surface area (TPSA) is 79.3 Å². The van der Waals surface area contributed by atoms with Crippen LogP contribution in [0.15, 0.2) is 12.1 Å². The number of rotatable bonds is 1. The molecule has 114 valence electrons. The van der Waals surface area contributed by atoms with E-state index in [1.807, 2.05) is 7.05 Å². The second-order valence-electron chi connectivity index (χ2n) is 5.77. The number of fused-ring (bicyclic) bond motifs is 2. The first-order valence-corrected chi connectivity index (χ1v) is 7.44. The van der Waals surface area contributed by atoms with Crippen molar-refractivity contribution in [2.24, 2.45) is 7.05 Å². The summed E-state index contributed by atoms with van der Waals surface area (Å²) in [5.41, 5.74) is 3.59. The summed E-state index contributed by atoms with van der Waals surface area (Å²) in [4.78, 5) is 25.0. The van der Waals surface area contributed by atoms with Crippen molar-refractivity contribution in [3.63, 3.8) is 0 Å². The van der Waals surface area contributed by atoms with Crippen molar-refractivity contribution in [3.8, 4) is 0 Å². The predicted molar refractivity (Wildman–Crippen MR) is 81.6 cm³/mol. The molecule has 1 aromatic carbocycles. The summed E-state index contributed by atoms with van der Waals surface area (Å²) < 4.78 is 1.79. The third kappa shape index (κ3) is 1.97. The average molecular weight is 299 g/mol. The molecule has 7 nitrogen and oxygen atoms in total. The Morgan fingerprint density at radius 2 is 2.05 bits per heavy atom. The maximum absolute atomic E-state index is 12.1. The fourth-order valence-electron chi connectivity index (χ4n) is 3.18. The van der Waals surface area contributed by atoms with E-state index < -0.39 is 6.03 Å². The van der Waals surface area contributed by atoms with Crippen molar-refractivity contribution in [1.82, 2.24) is 20.4 Å². The zero-order chi connectivity index (χ0) is 15.3. The van der Waals surface area contributed by atoms with Gasteiger partial charge in [-0.1, -0.05) is 0 Å². The molecule has 2 N–H and O–H groups in total. The second kappa shape index (κ2) is 4.81. The number of nitrogens with zero attached hydrogens (tertiary/aromatic N) is 3. The van der Waals surface area contributed by atoms with Gasteiger partial charge in [0.25, 0.3) is 0 Å². The van der Waals surface area contributed by atoms with Crippen molar-refractivity contribution < 1.29 is 9.59 Å². The molecule has 2 aliphatic heterocycles. The standard InChI is InChI=1S/C15H17N5O2/c1-19-12-7-10-8-16-4-2-9(10)6-11(12)14(18-19)20-5-3-13(21)17-15(20)22/h6-7,16H,2-5,8H2,1H3,(H,17,21,22). The lowest BCUT2D eigenvalue weighted by Gasteiger charge is -2.25. The SMILES string of the molecule is Cn1nc(N2CCC(=O)NC2=O)c2cc3c(cc21)CNCC3. The van der Waals surface area contributed by atoms with E-state index in [9.17, 15) is 9.59 Å². The number of carbonyl (C=O) groups is 2. The summed E-state index contributed by atoms with van der Waals surface area (Å²) in [6, 6.07) is 3.88. The largest absolute Gasteiger partial charge is 0.329 e. The van der Waals surface area contributed by atoms with Gasteiger partial charge in [0.2, 0.25) is 5.91 Å². The highest BCUT2D eigenvalue weighted by atomic mass is 16.2. The first-order valence-electron chi connectivity index (χ1n) is 7.44. The highest BCUT2D eigenvalue weighted by molar-refractivity contribution is 6.08. The van der Waals surface area contributed by atoms with E-state index in [0.717, 1.165) is 30.4 Å². The number of aryl methyl sites for hydroxylation is 1. The minimum Gasteiger partial charge on any atom is -0.312 e. The first-order chi connectivity index (χ1) is 10.6. The molecule has 0 unspecified atom stereocenters. The van der Waals surface area contributed by atoms with Gasteiger partial charge in [0.05, 0.1) is 5.52 Å². The van der Waals surface area contributed by atoms with Gasteiger partial charge in [0, 0.05) is 31.9 Å². The molecular weight excluding hydrogens is 282 g/mol. The fourth-order valence-corrected chi connectivity index (χ4v) is 3.18. The van der Waals surface area contributed by atoms with E-state index in [1.165, 1.54) is 11.1 Å². The summed E-state index contributed by atoms with van der Waals surface area (Å²) in [6.45, 7) is 2.20. The van der Waals surface area contributed by atoms with Gasteiger partial charge in [-0.25, -0.2) is 4.79 Å². The lowest BCUT2D eigenvalue weighted by Crippen LogP contribution is -2.49. The molecule has 0 bridgehead atoms. The van der Waals surface area contributed by atoms with Crippen molar-refractivity contribution in [3.05, 3.63) is 23.3 Å². The molecule has 1 fully saturated rings. The molecule has 2 aromatic rings. The molecule has 0 aliphatic carbocycles. The van der Waals surface area contributed by atoms with Crippen LogP contribution in [0.3, 0.4) is 0 Å². The average Bonchev–Trinajstić information content (AvgIpc) is 2.82. The summed E-state index contributed by atoms with van der Waals surface area (Å²) in [5.74, 6) is 0.397. The Bertz CT molecular complexity index is 795. The van der Waals surface area contributed by atoms with Crippen LogP contribution in [0.1, 0.15) is 17.5 Å².